The summed E-state index contributed by atoms with van der Waals surface area (Å²) in [5.41, 5.74) is -0.315. The van der Waals surface area contributed by atoms with E-state index in [9.17, 15) is 34.8 Å². The second-order valence-corrected chi connectivity index (χ2v) is 8.67. The molecule has 3 aromatic rings. The van der Waals surface area contributed by atoms with Crippen molar-refractivity contribution in [2.45, 2.75) is 44.6 Å². The van der Waals surface area contributed by atoms with Crippen LogP contribution in [0.15, 0.2) is 45.6 Å². The highest BCUT2D eigenvalue weighted by Crippen LogP contribution is 2.43. The molecule has 4 N–H and O–H groups in total. The molecule has 1 fully saturated rings. The van der Waals surface area contributed by atoms with Crippen LogP contribution in [-0.2, 0) is 23.8 Å². The van der Waals surface area contributed by atoms with Crippen molar-refractivity contribution in [3.8, 4) is 34.3 Å². The molecule has 0 aliphatic carbocycles. The van der Waals surface area contributed by atoms with Crippen LogP contribution in [0.1, 0.15) is 13.8 Å². The van der Waals surface area contributed by atoms with Crippen LogP contribution in [0.4, 0.5) is 0 Å². The Morgan fingerprint density at radius 3 is 2.28 bits per heavy atom. The van der Waals surface area contributed by atoms with Crippen molar-refractivity contribution >= 4 is 22.9 Å². The minimum absolute atomic E-state index is 0.137. The van der Waals surface area contributed by atoms with Gasteiger partial charge in [-0.05, 0) is 24.3 Å². The molecule has 208 valence electrons. The fourth-order valence-corrected chi connectivity index (χ4v) is 4.04. The Balaban J connectivity index is 1.73. The number of methoxy groups -OCH3 is 1. The summed E-state index contributed by atoms with van der Waals surface area (Å²) < 4.78 is 32.1. The fraction of sp³-hybridized carbons (Fsp3) is 0.346. The monoisotopic (exact) mass is 546 g/mol. The van der Waals surface area contributed by atoms with Gasteiger partial charge in [-0.25, -0.2) is 0 Å². The van der Waals surface area contributed by atoms with Crippen molar-refractivity contribution in [3.05, 3.63) is 46.6 Å². The highest BCUT2D eigenvalue weighted by Gasteiger charge is 2.48. The maximum Gasteiger partial charge on any atom is 0.303 e. The Bertz CT molecular complexity index is 1430. The SMILES string of the molecule is COc1ccc(-c2cc(=O)c3c(O)c(O)c(OC4OC(COC(C)=O)C(O)C(O)C4OC(C)=O)cc3o2)cc1. The van der Waals surface area contributed by atoms with E-state index in [1.165, 1.54) is 7.11 Å². The molecule has 13 nitrogen and oxygen atoms in total. The third-order valence-electron chi connectivity index (χ3n) is 5.95. The Morgan fingerprint density at radius 2 is 1.67 bits per heavy atom. The predicted molar refractivity (Wildman–Crippen MR) is 131 cm³/mol. The molecular weight excluding hydrogens is 520 g/mol. The van der Waals surface area contributed by atoms with Crippen molar-refractivity contribution < 1.29 is 58.1 Å². The van der Waals surface area contributed by atoms with Crippen molar-refractivity contribution in [2.24, 2.45) is 0 Å². The number of fused-ring (bicyclic) bond motifs is 1. The van der Waals surface area contributed by atoms with Gasteiger partial charge >= 0.3 is 11.9 Å². The normalized spacial score (nSPS) is 22.7. The molecule has 1 aliphatic heterocycles. The van der Waals surface area contributed by atoms with Crippen LogP contribution < -0.4 is 14.9 Å². The number of phenols is 2. The maximum atomic E-state index is 12.8. The summed E-state index contributed by atoms with van der Waals surface area (Å²) in [5, 5.41) is 41.9. The van der Waals surface area contributed by atoms with Crippen molar-refractivity contribution in [1.82, 2.24) is 0 Å². The molecule has 13 heteroatoms. The summed E-state index contributed by atoms with van der Waals surface area (Å²) >= 11 is 0. The van der Waals surface area contributed by atoms with Crippen molar-refractivity contribution in [2.75, 3.05) is 13.7 Å². The average Bonchev–Trinajstić information content (AvgIpc) is 2.89. The maximum absolute atomic E-state index is 12.8. The molecule has 5 atom stereocenters. The number of rotatable bonds is 7. The molecular formula is C26H26O13. The van der Waals surface area contributed by atoms with Gasteiger partial charge in [0, 0.05) is 31.5 Å². The molecule has 0 saturated carbocycles. The summed E-state index contributed by atoms with van der Waals surface area (Å²) in [6, 6.07) is 8.85. The van der Waals surface area contributed by atoms with E-state index in [0.29, 0.717) is 11.3 Å². The third-order valence-corrected chi connectivity index (χ3v) is 5.95. The molecule has 0 amide bonds. The minimum Gasteiger partial charge on any atom is -0.504 e. The van der Waals surface area contributed by atoms with E-state index in [1.54, 1.807) is 24.3 Å². The van der Waals surface area contributed by atoms with Gasteiger partial charge in [-0.15, -0.1) is 0 Å². The number of ether oxygens (including phenoxy) is 5. The molecule has 2 aromatic carbocycles. The van der Waals surface area contributed by atoms with Crippen LogP contribution in [0.25, 0.3) is 22.3 Å². The van der Waals surface area contributed by atoms with E-state index < -0.39 is 71.9 Å². The quantitative estimate of drug-likeness (QED) is 0.244. The van der Waals surface area contributed by atoms with E-state index in [-0.39, 0.29) is 16.7 Å². The molecule has 2 heterocycles. The van der Waals surface area contributed by atoms with Crippen LogP contribution in [0, 0.1) is 0 Å². The van der Waals surface area contributed by atoms with Crippen LogP contribution in [-0.4, -0.2) is 76.8 Å². The number of benzene rings is 2. The summed E-state index contributed by atoms with van der Waals surface area (Å²) in [6.45, 7) is 1.70. The number of aromatic hydroxyl groups is 2. The number of esters is 2. The second-order valence-electron chi connectivity index (χ2n) is 8.67. The molecule has 39 heavy (non-hydrogen) atoms. The number of phenolic OH excluding ortho intramolecular Hbond substituents is 2. The van der Waals surface area contributed by atoms with E-state index in [4.69, 9.17) is 28.1 Å². The van der Waals surface area contributed by atoms with E-state index >= 15 is 0 Å². The fourth-order valence-electron chi connectivity index (χ4n) is 4.04. The standard InChI is InChI=1S/C26H26O13/c1-11(27)35-10-19-22(31)24(33)25(36-12(2)28)26(39-19)38-18-9-17-20(23(32)21(18)30)15(29)8-16(37-17)13-4-6-14(34-3)7-5-13/h4-9,19,22,24-26,30-33H,10H2,1-3H3. The molecule has 4 rings (SSSR count). The highest BCUT2D eigenvalue weighted by atomic mass is 16.7. The molecule has 0 radical (unpaired) electrons. The second kappa shape index (κ2) is 11.2. The van der Waals surface area contributed by atoms with Gasteiger partial charge in [0.25, 0.3) is 0 Å². The number of carbonyl (C=O) groups excluding carboxylic acids is 2. The summed E-state index contributed by atoms with van der Waals surface area (Å²) in [4.78, 5) is 35.7. The lowest BCUT2D eigenvalue weighted by Crippen LogP contribution is -2.61. The first-order valence-electron chi connectivity index (χ1n) is 11.7. The first-order valence-corrected chi connectivity index (χ1v) is 11.7. The molecule has 0 bridgehead atoms. The van der Waals surface area contributed by atoms with Crippen molar-refractivity contribution in [3.63, 3.8) is 0 Å². The zero-order chi connectivity index (χ0) is 28.4. The Morgan fingerprint density at radius 1 is 0.974 bits per heavy atom. The molecule has 5 unspecified atom stereocenters. The number of aliphatic hydroxyl groups is 2. The summed E-state index contributed by atoms with van der Waals surface area (Å²) in [5.74, 6) is -3.00. The van der Waals surface area contributed by atoms with Gasteiger partial charge in [0.1, 0.15) is 47.4 Å². The van der Waals surface area contributed by atoms with Gasteiger partial charge in [0.15, 0.2) is 23.0 Å². The number of aliphatic hydroxyl groups excluding tert-OH is 2. The molecule has 0 spiro atoms. The molecule has 1 aliphatic rings. The summed E-state index contributed by atoms with van der Waals surface area (Å²) in [6.07, 6.45) is -7.95. The Labute approximate surface area is 220 Å². The minimum atomic E-state index is -1.75. The first-order chi connectivity index (χ1) is 18.5. The first kappa shape index (κ1) is 27.7. The van der Waals surface area contributed by atoms with E-state index in [1.807, 2.05) is 0 Å². The van der Waals surface area contributed by atoms with Gasteiger partial charge in [0.05, 0.1) is 7.11 Å². The smallest absolute Gasteiger partial charge is 0.303 e. The molecule has 1 saturated heterocycles. The molecule has 1 aromatic heterocycles. The van der Waals surface area contributed by atoms with Gasteiger partial charge in [0.2, 0.25) is 12.0 Å². The Hall–Kier alpha value is -4.33. The lowest BCUT2D eigenvalue weighted by Gasteiger charge is -2.41. The number of hydrogen-bond acceptors (Lipinski definition) is 13. The van der Waals surface area contributed by atoms with Gasteiger partial charge in [-0.2, -0.15) is 0 Å². The van der Waals surface area contributed by atoms with E-state index in [2.05, 4.69) is 0 Å². The third kappa shape index (κ3) is 5.74. The Kier molecular flexibility index (Phi) is 7.95. The average molecular weight is 546 g/mol. The summed E-state index contributed by atoms with van der Waals surface area (Å²) in [7, 11) is 1.50. The van der Waals surface area contributed by atoms with Crippen LogP contribution in [0.2, 0.25) is 0 Å². The predicted octanol–water partition coefficient (Wildman–Crippen LogP) is 1.20. The number of hydrogen-bond donors (Lipinski definition) is 4. The van der Waals surface area contributed by atoms with E-state index in [0.717, 1.165) is 26.0 Å². The van der Waals surface area contributed by atoms with Gasteiger partial charge in [-0.1, -0.05) is 0 Å². The van der Waals surface area contributed by atoms with Gasteiger partial charge < -0.3 is 48.5 Å². The zero-order valence-electron chi connectivity index (χ0n) is 21.0. The van der Waals surface area contributed by atoms with Crippen LogP contribution >= 0.6 is 0 Å². The topological polar surface area (TPSA) is 191 Å². The van der Waals surface area contributed by atoms with Crippen molar-refractivity contribution in [1.29, 1.82) is 0 Å². The lowest BCUT2D eigenvalue weighted by atomic mass is 9.99. The highest BCUT2D eigenvalue weighted by molar-refractivity contribution is 5.89. The zero-order valence-corrected chi connectivity index (χ0v) is 21.0. The van der Waals surface area contributed by atoms with Crippen LogP contribution in [0.3, 0.4) is 0 Å². The largest absolute Gasteiger partial charge is 0.504 e. The van der Waals surface area contributed by atoms with Crippen LogP contribution in [0.5, 0.6) is 23.0 Å². The number of carbonyl (C=O) groups is 2. The lowest BCUT2D eigenvalue weighted by molar-refractivity contribution is -0.282. The van der Waals surface area contributed by atoms with Gasteiger partial charge in [-0.3, -0.25) is 14.4 Å².